The van der Waals surface area contributed by atoms with Gasteiger partial charge in [0.2, 0.25) is 0 Å². The van der Waals surface area contributed by atoms with Gasteiger partial charge in [0.05, 0.1) is 24.3 Å². The highest BCUT2D eigenvalue weighted by molar-refractivity contribution is 6.37. The molecule has 2 aliphatic rings. The number of hydroxylamine groups is 2. The first-order valence-electron chi connectivity index (χ1n) is 8.08. The van der Waals surface area contributed by atoms with Gasteiger partial charge in [-0.2, -0.15) is 5.06 Å². The molecule has 0 aromatic heterocycles. The third-order valence-electron chi connectivity index (χ3n) is 4.98. The monoisotopic (exact) mass is 406 g/mol. The van der Waals surface area contributed by atoms with E-state index in [-0.39, 0.29) is 34.8 Å². The van der Waals surface area contributed by atoms with Crippen molar-refractivity contribution >= 4 is 34.7 Å². The first kappa shape index (κ1) is 19.4. The molecule has 0 bridgehead atoms. The number of amides is 1. The fourth-order valence-corrected chi connectivity index (χ4v) is 4.17. The van der Waals surface area contributed by atoms with E-state index >= 15 is 0 Å². The zero-order chi connectivity index (χ0) is 19.1. The second-order valence-electron chi connectivity index (χ2n) is 6.30. The van der Waals surface area contributed by atoms with Gasteiger partial charge in [0.15, 0.2) is 0 Å². The number of aliphatic hydroxyl groups excluding tert-OH is 1. The number of rotatable bonds is 4. The van der Waals surface area contributed by atoms with Crippen molar-refractivity contribution in [3.63, 3.8) is 0 Å². The van der Waals surface area contributed by atoms with E-state index in [9.17, 15) is 18.7 Å². The molecule has 1 amide bonds. The van der Waals surface area contributed by atoms with Gasteiger partial charge in [-0.05, 0) is 25.0 Å². The number of hydrogen-bond donors (Lipinski definition) is 1. The number of halogens is 4. The summed E-state index contributed by atoms with van der Waals surface area (Å²) in [5.41, 5.74) is -0.942. The lowest BCUT2D eigenvalue weighted by Gasteiger charge is -2.44. The van der Waals surface area contributed by atoms with Crippen molar-refractivity contribution in [3.05, 3.63) is 39.6 Å². The quantitative estimate of drug-likeness (QED) is 0.826. The van der Waals surface area contributed by atoms with E-state index in [0.29, 0.717) is 18.1 Å². The summed E-state index contributed by atoms with van der Waals surface area (Å²) in [4.78, 5) is 19.2. The third kappa shape index (κ3) is 3.17. The van der Waals surface area contributed by atoms with Gasteiger partial charge in [0.1, 0.15) is 11.3 Å². The molecule has 0 unspecified atom stereocenters. The molecular weight excluding hydrogens is 389 g/mol. The molecule has 1 fully saturated rings. The maximum Gasteiger partial charge on any atom is 0.259 e. The molecule has 26 heavy (non-hydrogen) atoms. The minimum atomic E-state index is -2.72. The van der Waals surface area contributed by atoms with Crippen LogP contribution in [-0.2, 0) is 9.63 Å². The molecular formula is C17H18Cl2F2N2O3. The number of nitrogens with zero attached hydrogens (tertiary/aromatic N) is 2. The molecule has 0 atom stereocenters. The summed E-state index contributed by atoms with van der Waals surface area (Å²) in [5.74, 6) is -0.874. The summed E-state index contributed by atoms with van der Waals surface area (Å²) >= 11 is 12.1. The average molecular weight is 407 g/mol. The molecule has 1 N–H and O–H groups in total. The lowest BCUT2D eigenvalue weighted by molar-refractivity contribution is -0.165. The summed E-state index contributed by atoms with van der Waals surface area (Å²) in [6.45, 7) is 0.0367. The largest absolute Gasteiger partial charge is 0.509 e. The highest BCUT2D eigenvalue weighted by atomic mass is 35.5. The van der Waals surface area contributed by atoms with Gasteiger partial charge in [-0.3, -0.25) is 4.79 Å². The fourth-order valence-electron chi connectivity index (χ4n) is 3.67. The van der Waals surface area contributed by atoms with E-state index in [1.165, 1.54) is 25.3 Å². The zero-order valence-corrected chi connectivity index (χ0v) is 15.5. The Bertz CT molecular complexity index is 750. The third-order valence-corrected chi connectivity index (χ3v) is 5.53. The topological polar surface area (TPSA) is 53.0 Å². The van der Waals surface area contributed by atoms with Gasteiger partial charge in [-0.15, -0.1) is 0 Å². The molecule has 1 aromatic rings. The highest BCUT2D eigenvalue weighted by Crippen LogP contribution is 2.46. The van der Waals surface area contributed by atoms with Gasteiger partial charge >= 0.3 is 0 Å². The molecule has 9 heteroatoms. The van der Waals surface area contributed by atoms with Crippen LogP contribution in [0.15, 0.2) is 24.0 Å². The Morgan fingerprint density at radius 3 is 2.50 bits per heavy atom. The van der Waals surface area contributed by atoms with Crippen molar-refractivity contribution in [1.82, 2.24) is 9.96 Å². The van der Waals surface area contributed by atoms with Crippen molar-refractivity contribution in [1.29, 1.82) is 0 Å². The number of carbonyl (C=O) groups excluding carboxylic acids is 1. The van der Waals surface area contributed by atoms with E-state index in [2.05, 4.69) is 0 Å². The normalized spacial score (nSPS) is 20.7. The van der Waals surface area contributed by atoms with Crippen molar-refractivity contribution in [2.75, 3.05) is 26.7 Å². The summed E-state index contributed by atoms with van der Waals surface area (Å²) in [6, 6.07) is 4.49. The Balaban J connectivity index is 2.07. The van der Waals surface area contributed by atoms with Crippen molar-refractivity contribution in [2.24, 2.45) is 0 Å². The maximum absolute atomic E-state index is 13.2. The summed E-state index contributed by atoms with van der Waals surface area (Å²) < 4.78 is 26.3. The molecule has 142 valence electrons. The molecule has 2 aliphatic heterocycles. The van der Waals surface area contributed by atoms with E-state index in [1.807, 2.05) is 0 Å². The van der Waals surface area contributed by atoms with Gasteiger partial charge < -0.3 is 14.8 Å². The van der Waals surface area contributed by atoms with Crippen LogP contribution in [0, 0.1) is 0 Å². The van der Waals surface area contributed by atoms with Gasteiger partial charge in [-0.1, -0.05) is 29.3 Å². The van der Waals surface area contributed by atoms with Crippen LogP contribution in [0.25, 0.3) is 5.57 Å². The minimum Gasteiger partial charge on any atom is -0.509 e. The van der Waals surface area contributed by atoms with Crippen molar-refractivity contribution in [2.45, 2.75) is 24.8 Å². The van der Waals surface area contributed by atoms with Gasteiger partial charge in [0.25, 0.3) is 12.3 Å². The molecule has 2 heterocycles. The predicted octanol–water partition coefficient (Wildman–Crippen LogP) is 3.77. The van der Waals surface area contributed by atoms with Crippen LogP contribution in [0.1, 0.15) is 18.4 Å². The van der Waals surface area contributed by atoms with Crippen LogP contribution in [-0.4, -0.2) is 59.7 Å². The molecule has 0 saturated carbocycles. The highest BCUT2D eigenvalue weighted by Gasteiger charge is 2.54. The van der Waals surface area contributed by atoms with E-state index in [1.54, 1.807) is 5.06 Å². The summed E-state index contributed by atoms with van der Waals surface area (Å²) in [7, 11) is 1.52. The first-order valence-corrected chi connectivity index (χ1v) is 8.84. The summed E-state index contributed by atoms with van der Waals surface area (Å²) in [5, 5.41) is 13.2. The maximum atomic E-state index is 13.2. The van der Waals surface area contributed by atoms with Crippen LogP contribution in [0.4, 0.5) is 8.78 Å². The Hall–Kier alpha value is -1.41. The molecule has 1 saturated heterocycles. The Labute approximate surface area is 159 Å². The predicted molar refractivity (Wildman–Crippen MR) is 94.3 cm³/mol. The lowest BCUT2D eigenvalue weighted by atomic mass is 9.85. The smallest absolute Gasteiger partial charge is 0.259 e. The van der Waals surface area contributed by atoms with Crippen LogP contribution in [0.5, 0.6) is 0 Å². The van der Waals surface area contributed by atoms with Crippen LogP contribution < -0.4 is 0 Å². The molecule has 1 spiro atoms. The number of alkyl halides is 2. The van der Waals surface area contributed by atoms with Gasteiger partial charge in [0, 0.05) is 23.7 Å². The molecule has 5 nitrogen and oxygen atoms in total. The second kappa shape index (κ2) is 7.31. The molecule has 0 aliphatic carbocycles. The van der Waals surface area contributed by atoms with Crippen molar-refractivity contribution in [3.8, 4) is 0 Å². The van der Waals surface area contributed by atoms with E-state index in [0.717, 1.165) is 4.90 Å². The van der Waals surface area contributed by atoms with Crippen LogP contribution >= 0.6 is 23.2 Å². The molecule has 0 radical (unpaired) electrons. The van der Waals surface area contributed by atoms with Crippen LogP contribution in [0.3, 0.4) is 0 Å². The Morgan fingerprint density at radius 1 is 1.31 bits per heavy atom. The standard InChI is InChI=1S/C17H18Cl2F2N2O3/c1-26-22-6-4-17(5-7-22)15(24)14(16(25)23(17)9-13(20)21)11-3-2-10(18)8-12(11)19/h2-3,8,13,24H,4-7,9H2,1H3. The number of carbonyl (C=O) groups is 1. The lowest BCUT2D eigenvalue weighted by Crippen LogP contribution is -2.56. The average Bonchev–Trinajstić information content (AvgIpc) is 2.78. The van der Waals surface area contributed by atoms with Crippen LogP contribution in [0.2, 0.25) is 10.0 Å². The summed E-state index contributed by atoms with van der Waals surface area (Å²) in [6.07, 6.45) is -2.16. The van der Waals surface area contributed by atoms with Gasteiger partial charge in [-0.25, -0.2) is 8.78 Å². The Kier molecular flexibility index (Phi) is 5.44. The molecule has 1 aromatic carbocycles. The second-order valence-corrected chi connectivity index (χ2v) is 7.14. The van der Waals surface area contributed by atoms with E-state index in [4.69, 9.17) is 28.0 Å². The first-order chi connectivity index (χ1) is 12.3. The SMILES string of the molecule is CON1CCC2(CC1)C(O)=C(c1ccc(Cl)cc1Cl)C(=O)N2CC(F)F. The fraction of sp³-hybridized carbons (Fsp3) is 0.471. The number of piperidine rings is 1. The number of benzene rings is 1. The van der Waals surface area contributed by atoms with Crippen molar-refractivity contribution < 1.29 is 23.5 Å². The zero-order valence-electron chi connectivity index (χ0n) is 14.0. The van der Waals surface area contributed by atoms with E-state index < -0.39 is 24.4 Å². The number of hydrogen-bond acceptors (Lipinski definition) is 4. The number of aliphatic hydroxyl groups is 1. The Morgan fingerprint density at radius 2 is 1.96 bits per heavy atom. The minimum absolute atomic E-state index is 0.0433. The molecule has 3 rings (SSSR count).